The maximum absolute atomic E-state index is 13.3. The molecule has 4 heterocycles. The van der Waals surface area contributed by atoms with E-state index in [0.717, 1.165) is 11.4 Å². The van der Waals surface area contributed by atoms with Gasteiger partial charge in [-0.1, -0.05) is 18.7 Å². The quantitative estimate of drug-likeness (QED) is 0.545. The molecular formula is C25H24N6O4. The van der Waals surface area contributed by atoms with E-state index in [0.29, 0.717) is 54.6 Å². The first-order valence-electron chi connectivity index (χ1n) is 11.3. The Kier molecular flexibility index (Phi) is 6.01. The first-order chi connectivity index (χ1) is 17.0. The van der Waals surface area contributed by atoms with Crippen molar-refractivity contribution in [3.8, 4) is 17.3 Å². The third-order valence-electron chi connectivity index (χ3n) is 5.75. The highest BCUT2D eigenvalue weighted by Gasteiger charge is 2.29. The SMILES string of the molecule is C=CC(=O)NC1CCCOc2ocnc2-c2cc(cc(C)n2)C(=O)/N=C2\Nc3ccccc3N2C1. The first kappa shape index (κ1) is 22.3. The lowest BCUT2D eigenvalue weighted by molar-refractivity contribution is -0.117. The zero-order valence-electron chi connectivity index (χ0n) is 19.2. The summed E-state index contributed by atoms with van der Waals surface area (Å²) in [4.78, 5) is 40.5. The van der Waals surface area contributed by atoms with Gasteiger partial charge in [0, 0.05) is 23.8 Å². The number of guanidine groups is 1. The average molecular weight is 473 g/mol. The second-order valence-corrected chi connectivity index (χ2v) is 8.26. The summed E-state index contributed by atoms with van der Waals surface area (Å²) in [5.41, 5.74) is 3.57. The minimum absolute atomic E-state index is 0.227. The molecule has 1 aromatic carbocycles. The van der Waals surface area contributed by atoms with Crippen molar-refractivity contribution in [1.29, 1.82) is 0 Å². The number of aromatic nitrogens is 2. The topological polar surface area (TPSA) is 122 Å². The van der Waals surface area contributed by atoms with Crippen LogP contribution >= 0.6 is 0 Å². The van der Waals surface area contributed by atoms with Gasteiger partial charge in [0.05, 0.1) is 23.7 Å². The Balaban J connectivity index is 1.58. The molecule has 178 valence electrons. The molecule has 2 aromatic heterocycles. The highest BCUT2D eigenvalue weighted by molar-refractivity contribution is 6.19. The first-order valence-corrected chi connectivity index (χ1v) is 11.3. The summed E-state index contributed by atoms with van der Waals surface area (Å²) >= 11 is 0. The molecule has 0 spiro atoms. The van der Waals surface area contributed by atoms with Gasteiger partial charge < -0.3 is 24.7 Å². The minimum atomic E-state index is -0.440. The molecule has 1 unspecified atom stereocenters. The van der Waals surface area contributed by atoms with Gasteiger partial charge in [-0.15, -0.1) is 0 Å². The number of pyridine rings is 1. The minimum Gasteiger partial charge on any atom is -0.463 e. The highest BCUT2D eigenvalue weighted by Crippen LogP contribution is 2.33. The summed E-state index contributed by atoms with van der Waals surface area (Å²) in [6.07, 6.45) is 3.75. The van der Waals surface area contributed by atoms with Crippen LogP contribution in [-0.2, 0) is 4.79 Å². The number of nitrogens with one attached hydrogen (secondary N) is 2. The van der Waals surface area contributed by atoms with Crippen LogP contribution in [-0.4, -0.2) is 46.9 Å². The Hall–Kier alpha value is -4.47. The Labute approximate surface area is 201 Å². The zero-order chi connectivity index (χ0) is 24.4. The number of para-hydroxylation sites is 2. The second kappa shape index (κ2) is 9.41. The third-order valence-corrected chi connectivity index (χ3v) is 5.75. The van der Waals surface area contributed by atoms with Crippen LogP contribution in [0.25, 0.3) is 11.4 Å². The largest absolute Gasteiger partial charge is 0.463 e. The third kappa shape index (κ3) is 4.63. The lowest BCUT2D eigenvalue weighted by Crippen LogP contribution is -2.45. The summed E-state index contributed by atoms with van der Waals surface area (Å²) in [6, 6.07) is 10.7. The van der Waals surface area contributed by atoms with E-state index in [1.54, 1.807) is 19.1 Å². The van der Waals surface area contributed by atoms with Crippen LogP contribution in [0.1, 0.15) is 28.9 Å². The molecule has 0 aliphatic carbocycles. The predicted octanol–water partition coefficient (Wildman–Crippen LogP) is 3.32. The van der Waals surface area contributed by atoms with E-state index >= 15 is 0 Å². The molecule has 2 bridgehead atoms. The monoisotopic (exact) mass is 472 g/mol. The van der Waals surface area contributed by atoms with Crippen molar-refractivity contribution >= 4 is 29.1 Å². The number of rotatable bonds is 2. The van der Waals surface area contributed by atoms with Gasteiger partial charge in [-0.2, -0.15) is 4.99 Å². The lowest BCUT2D eigenvalue weighted by Gasteiger charge is -2.26. The van der Waals surface area contributed by atoms with Gasteiger partial charge in [0.15, 0.2) is 12.1 Å². The highest BCUT2D eigenvalue weighted by atomic mass is 16.6. The average Bonchev–Trinajstić information content (AvgIpc) is 3.45. The van der Waals surface area contributed by atoms with Crippen molar-refractivity contribution in [2.45, 2.75) is 25.8 Å². The van der Waals surface area contributed by atoms with Crippen LogP contribution in [0.4, 0.5) is 11.4 Å². The summed E-state index contributed by atoms with van der Waals surface area (Å²) in [5.74, 6) is -0.104. The Morgan fingerprint density at radius 2 is 2.17 bits per heavy atom. The molecule has 0 radical (unpaired) electrons. The van der Waals surface area contributed by atoms with Crippen LogP contribution in [0.5, 0.6) is 5.95 Å². The van der Waals surface area contributed by atoms with Crippen LogP contribution in [0.2, 0.25) is 0 Å². The number of benzene rings is 1. The predicted molar refractivity (Wildman–Crippen MR) is 131 cm³/mol. The number of amides is 2. The fraction of sp³-hybridized carbons (Fsp3) is 0.240. The van der Waals surface area contributed by atoms with E-state index in [4.69, 9.17) is 9.15 Å². The molecule has 0 saturated heterocycles. The van der Waals surface area contributed by atoms with Crippen LogP contribution in [0.15, 0.2) is 64.9 Å². The molecule has 2 amide bonds. The van der Waals surface area contributed by atoms with Gasteiger partial charge in [0.2, 0.25) is 11.9 Å². The number of anilines is 2. The number of hydrogen-bond acceptors (Lipinski definition) is 8. The molecule has 2 N–H and O–H groups in total. The zero-order valence-corrected chi connectivity index (χ0v) is 19.2. The smallest absolute Gasteiger partial charge is 0.315 e. The molecule has 10 nitrogen and oxygen atoms in total. The van der Waals surface area contributed by atoms with Gasteiger partial charge in [0.1, 0.15) is 0 Å². The Morgan fingerprint density at radius 1 is 1.31 bits per heavy atom. The van der Waals surface area contributed by atoms with E-state index in [2.05, 4.69) is 32.2 Å². The number of aliphatic imine (C=N–C) groups is 1. The van der Waals surface area contributed by atoms with Gasteiger partial charge in [-0.25, -0.2) is 4.98 Å². The fourth-order valence-electron chi connectivity index (χ4n) is 4.16. The van der Waals surface area contributed by atoms with Crippen LogP contribution < -0.4 is 20.3 Å². The molecule has 3 aromatic rings. The number of fused-ring (bicyclic) bond motifs is 7. The van der Waals surface area contributed by atoms with Gasteiger partial charge >= 0.3 is 5.95 Å². The van der Waals surface area contributed by atoms with Crippen molar-refractivity contribution in [3.63, 3.8) is 0 Å². The van der Waals surface area contributed by atoms with Crippen molar-refractivity contribution < 1.29 is 18.7 Å². The number of hydrogen-bond donors (Lipinski definition) is 2. The second-order valence-electron chi connectivity index (χ2n) is 8.26. The maximum Gasteiger partial charge on any atom is 0.315 e. The fourth-order valence-corrected chi connectivity index (χ4v) is 4.16. The molecule has 10 heteroatoms. The molecule has 5 rings (SSSR count). The number of nitrogens with zero attached hydrogens (tertiary/aromatic N) is 4. The summed E-state index contributed by atoms with van der Waals surface area (Å²) in [5, 5.41) is 6.21. The molecule has 0 saturated carbocycles. The van der Waals surface area contributed by atoms with E-state index < -0.39 is 5.91 Å². The van der Waals surface area contributed by atoms with Crippen molar-refractivity contribution in [2.24, 2.45) is 4.99 Å². The molecule has 0 fully saturated rings. The van der Waals surface area contributed by atoms with Crippen molar-refractivity contribution in [3.05, 3.63) is 66.7 Å². The normalized spacial score (nSPS) is 18.9. The lowest BCUT2D eigenvalue weighted by atomic mass is 10.1. The Morgan fingerprint density at radius 3 is 3.03 bits per heavy atom. The van der Waals surface area contributed by atoms with Gasteiger partial charge in [-0.3, -0.25) is 14.6 Å². The Bertz CT molecular complexity index is 1330. The molecule has 2 aliphatic rings. The van der Waals surface area contributed by atoms with E-state index in [9.17, 15) is 9.59 Å². The number of ether oxygens (including phenoxy) is 1. The van der Waals surface area contributed by atoms with E-state index in [1.807, 2.05) is 29.2 Å². The number of aryl methyl sites for hydroxylation is 1. The molecule has 35 heavy (non-hydrogen) atoms. The number of oxazole rings is 1. The van der Waals surface area contributed by atoms with Gasteiger partial charge in [-0.05, 0) is 50.1 Å². The summed E-state index contributed by atoms with van der Waals surface area (Å²) in [6.45, 7) is 6.09. The maximum atomic E-state index is 13.3. The summed E-state index contributed by atoms with van der Waals surface area (Å²) in [7, 11) is 0. The summed E-state index contributed by atoms with van der Waals surface area (Å²) < 4.78 is 11.3. The number of carbonyl (C=O) groups excluding carboxylic acids is 2. The van der Waals surface area contributed by atoms with E-state index in [1.165, 1.54) is 12.5 Å². The molecular weight excluding hydrogens is 448 g/mol. The van der Waals surface area contributed by atoms with Crippen molar-refractivity contribution in [1.82, 2.24) is 15.3 Å². The van der Waals surface area contributed by atoms with E-state index in [-0.39, 0.29) is 17.9 Å². The van der Waals surface area contributed by atoms with Crippen molar-refractivity contribution in [2.75, 3.05) is 23.4 Å². The molecule has 2 aliphatic heterocycles. The number of carbonyl (C=O) groups is 2. The standard InChI is InChI=1S/C25H24N6O4/c1-3-21(32)28-17-7-6-10-34-24-22(26-14-35-24)19-12-16(11-15(2)27-19)23(33)30-25-29-18-8-4-5-9-20(18)31(25)13-17/h3-5,8-9,11-12,14,17H,1,6-7,10,13H2,2H3,(H,28,32)(H,29,30,33). The van der Waals surface area contributed by atoms with Crippen LogP contribution in [0.3, 0.4) is 0 Å². The van der Waals surface area contributed by atoms with Gasteiger partial charge in [0.25, 0.3) is 5.91 Å². The molecule has 1 atom stereocenters. The van der Waals surface area contributed by atoms with Crippen LogP contribution in [0, 0.1) is 6.92 Å².